The van der Waals surface area contributed by atoms with Gasteiger partial charge < -0.3 is 9.04 Å². The molecule has 4 nitrogen and oxygen atoms in total. The molecule has 0 saturated carbocycles. The highest BCUT2D eigenvalue weighted by molar-refractivity contribution is 7.85. The second-order valence-corrected chi connectivity index (χ2v) is 13.4. The van der Waals surface area contributed by atoms with Crippen molar-refractivity contribution < 1.29 is 17.5 Å². The maximum atomic E-state index is 10.4. The summed E-state index contributed by atoms with van der Waals surface area (Å²) >= 11 is 0. The summed E-state index contributed by atoms with van der Waals surface area (Å²) in [7, 11) is 2.63. The number of aryl methyl sites for hydroxylation is 1. The van der Waals surface area contributed by atoms with E-state index in [1.807, 2.05) is 6.92 Å². The summed E-state index contributed by atoms with van der Waals surface area (Å²) in [5.41, 5.74) is 0.928. The van der Waals surface area contributed by atoms with Crippen LogP contribution in [-0.2, 0) is 10.1 Å². The molecule has 0 saturated heterocycles. The molecule has 0 aliphatic carbocycles. The lowest BCUT2D eigenvalue weighted by Gasteiger charge is -2.23. The predicted octanol–water partition coefficient (Wildman–Crippen LogP) is 9.41. The van der Waals surface area contributed by atoms with Crippen LogP contribution >= 0.6 is 0 Å². The van der Waals surface area contributed by atoms with E-state index >= 15 is 0 Å². The standard InChI is InChI=1S/C25H54N.C7H8O3S/c1-5-6-7-8-9-10-11-12-13-14-15-16-17-18-19-20-21-22-23-24-25-26(2,3)4;1-6-2-4-7(5-3-6)11(8,9)10/h5-25H2,1-4H3;2-5H,1H3,(H,8,9,10)/q+1;/p-1. The fraction of sp³-hybridized carbons (Fsp3) is 0.812. The number of nitrogens with zero attached hydrogens (tertiary/aromatic N) is 1. The van der Waals surface area contributed by atoms with Crippen molar-refractivity contribution in [1.29, 1.82) is 0 Å². The Hall–Kier alpha value is -0.910. The monoisotopic (exact) mass is 539 g/mol. The summed E-state index contributed by atoms with van der Waals surface area (Å²) in [5, 5.41) is 0. The van der Waals surface area contributed by atoms with Crippen LogP contribution < -0.4 is 0 Å². The minimum Gasteiger partial charge on any atom is -0.744 e. The summed E-state index contributed by atoms with van der Waals surface area (Å²) in [6.45, 7) is 5.45. The van der Waals surface area contributed by atoms with Gasteiger partial charge in [0.25, 0.3) is 0 Å². The summed E-state index contributed by atoms with van der Waals surface area (Å²) in [4.78, 5) is -0.178. The number of unbranched alkanes of at least 4 members (excludes halogenated alkanes) is 19. The highest BCUT2D eigenvalue weighted by Crippen LogP contribution is 2.15. The van der Waals surface area contributed by atoms with Crippen LogP contribution in [-0.4, -0.2) is 45.1 Å². The Labute approximate surface area is 232 Å². The third-order valence-electron chi connectivity index (χ3n) is 6.99. The molecule has 0 radical (unpaired) electrons. The van der Waals surface area contributed by atoms with Crippen molar-refractivity contribution in [1.82, 2.24) is 0 Å². The van der Waals surface area contributed by atoms with Gasteiger partial charge in [-0.15, -0.1) is 0 Å². The van der Waals surface area contributed by atoms with Crippen molar-refractivity contribution in [3.63, 3.8) is 0 Å². The Morgan fingerprint density at radius 3 is 1.14 bits per heavy atom. The number of quaternary nitrogens is 1. The van der Waals surface area contributed by atoms with Gasteiger partial charge in [0.2, 0.25) is 0 Å². The first-order valence-electron chi connectivity index (χ1n) is 15.4. The van der Waals surface area contributed by atoms with Gasteiger partial charge in [0.15, 0.2) is 0 Å². The first-order chi connectivity index (χ1) is 17.6. The molecular formula is C32H61NO3S. The van der Waals surface area contributed by atoms with Gasteiger partial charge >= 0.3 is 0 Å². The number of hydrogen-bond acceptors (Lipinski definition) is 3. The van der Waals surface area contributed by atoms with E-state index in [4.69, 9.17) is 0 Å². The lowest BCUT2D eigenvalue weighted by molar-refractivity contribution is -0.870. The van der Waals surface area contributed by atoms with Gasteiger partial charge in [-0.25, -0.2) is 8.42 Å². The predicted molar refractivity (Wildman–Crippen MR) is 160 cm³/mol. The second-order valence-electron chi connectivity index (χ2n) is 12.0. The van der Waals surface area contributed by atoms with Crippen molar-refractivity contribution in [2.75, 3.05) is 27.7 Å². The fourth-order valence-corrected chi connectivity index (χ4v) is 5.02. The molecule has 0 aliphatic heterocycles. The Balaban J connectivity index is 0.000000970. The number of hydrogen-bond donors (Lipinski definition) is 0. The SMILES string of the molecule is CCCCCCCCCCCCCCCCCCCCCC[N+](C)(C)C.Cc1ccc(S(=O)(=O)[O-])cc1. The average Bonchev–Trinajstić information content (AvgIpc) is 2.82. The van der Waals surface area contributed by atoms with Crippen molar-refractivity contribution in [2.45, 2.75) is 147 Å². The van der Waals surface area contributed by atoms with E-state index in [2.05, 4.69) is 28.1 Å². The fourth-order valence-electron chi connectivity index (χ4n) is 4.55. The summed E-state index contributed by atoms with van der Waals surface area (Å²) < 4.78 is 32.3. The Kier molecular flexibility index (Phi) is 22.5. The lowest BCUT2D eigenvalue weighted by Crippen LogP contribution is -2.35. The van der Waals surface area contributed by atoms with Crippen LogP contribution in [0.3, 0.4) is 0 Å². The first kappa shape index (κ1) is 36.1. The summed E-state index contributed by atoms with van der Waals surface area (Å²) in [6.07, 6.45) is 29.3. The van der Waals surface area contributed by atoms with Crippen LogP contribution in [0.4, 0.5) is 0 Å². The highest BCUT2D eigenvalue weighted by Gasteiger charge is 2.05. The zero-order valence-electron chi connectivity index (χ0n) is 25.2. The van der Waals surface area contributed by atoms with Crippen LogP contribution in [0.5, 0.6) is 0 Å². The second kappa shape index (κ2) is 23.0. The number of benzene rings is 1. The quantitative estimate of drug-likeness (QED) is 0.0837. The zero-order valence-corrected chi connectivity index (χ0v) is 26.1. The largest absolute Gasteiger partial charge is 0.744 e. The molecule has 0 fully saturated rings. The van der Waals surface area contributed by atoms with Crippen molar-refractivity contribution in [3.05, 3.63) is 29.8 Å². The minimum atomic E-state index is -4.27. The molecule has 37 heavy (non-hydrogen) atoms. The van der Waals surface area contributed by atoms with E-state index in [1.54, 1.807) is 12.1 Å². The van der Waals surface area contributed by atoms with Crippen LogP contribution in [0.25, 0.3) is 0 Å². The lowest BCUT2D eigenvalue weighted by atomic mass is 10.0. The van der Waals surface area contributed by atoms with Gasteiger partial charge in [0.1, 0.15) is 10.1 Å². The van der Waals surface area contributed by atoms with Gasteiger partial charge in [0, 0.05) is 0 Å². The van der Waals surface area contributed by atoms with Crippen LogP contribution in [0.2, 0.25) is 0 Å². The third-order valence-corrected chi connectivity index (χ3v) is 7.84. The molecule has 0 N–H and O–H groups in total. The third kappa shape index (κ3) is 26.5. The molecule has 0 atom stereocenters. The molecule has 5 heteroatoms. The molecule has 218 valence electrons. The van der Waals surface area contributed by atoms with Gasteiger partial charge in [-0.2, -0.15) is 0 Å². The summed E-state index contributed by atoms with van der Waals surface area (Å²) in [6, 6.07) is 5.78. The summed E-state index contributed by atoms with van der Waals surface area (Å²) in [5.74, 6) is 0. The molecule has 0 heterocycles. The molecular weight excluding hydrogens is 478 g/mol. The van der Waals surface area contributed by atoms with Gasteiger partial charge in [-0.1, -0.05) is 140 Å². The van der Waals surface area contributed by atoms with E-state index in [1.165, 1.54) is 147 Å². The Bertz CT molecular complexity index is 723. The molecule has 0 amide bonds. The average molecular weight is 540 g/mol. The Morgan fingerprint density at radius 2 is 0.865 bits per heavy atom. The molecule has 1 aromatic rings. The maximum Gasteiger partial charge on any atom is 0.124 e. The van der Waals surface area contributed by atoms with Crippen LogP contribution in [0.15, 0.2) is 29.2 Å². The molecule has 0 aliphatic rings. The van der Waals surface area contributed by atoms with E-state index in [-0.39, 0.29) is 4.90 Å². The van der Waals surface area contributed by atoms with Crippen molar-refractivity contribution >= 4 is 10.1 Å². The van der Waals surface area contributed by atoms with Gasteiger partial charge in [-0.3, -0.25) is 0 Å². The van der Waals surface area contributed by atoms with E-state index in [9.17, 15) is 13.0 Å². The van der Waals surface area contributed by atoms with E-state index < -0.39 is 10.1 Å². The van der Waals surface area contributed by atoms with Crippen LogP contribution in [0.1, 0.15) is 141 Å². The van der Waals surface area contributed by atoms with Crippen molar-refractivity contribution in [2.24, 2.45) is 0 Å². The first-order valence-corrected chi connectivity index (χ1v) is 16.8. The highest BCUT2D eigenvalue weighted by atomic mass is 32.2. The number of rotatable bonds is 22. The molecule has 1 rings (SSSR count). The molecule has 0 unspecified atom stereocenters. The van der Waals surface area contributed by atoms with E-state index in [0.29, 0.717) is 0 Å². The maximum absolute atomic E-state index is 10.4. The normalized spacial score (nSPS) is 11.8. The van der Waals surface area contributed by atoms with Gasteiger partial charge in [-0.05, 0) is 31.9 Å². The molecule has 0 spiro atoms. The molecule has 0 aromatic heterocycles. The van der Waals surface area contributed by atoms with Crippen LogP contribution in [0, 0.1) is 6.92 Å². The zero-order chi connectivity index (χ0) is 27.8. The minimum absolute atomic E-state index is 0.178. The van der Waals surface area contributed by atoms with Gasteiger partial charge in [0.05, 0.1) is 32.6 Å². The molecule has 0 bridgehead atoms. The Morgan fingerprint density at radius 1 is 0.568 bits per heavy atom. The smallest absolute Gasteiger partial charge is 0.124 e. The topological polar surface area (TPSA) is 57.2 Å². The van der Waals surface area contributed by atoms with E-state index in [0.717, 1.165) is 10.0 Å². The molecule has 1 aromatic carbocycles. The van der Waals surface area contributed by atoms with Crippen molar-refractivity contribution in [3.8, 4) is 0 Å².